The fourth-order valence-electron chi connectivity index (χ4n) is 3.32. The van der Waals surface area contributed by atoms with E-state index in [0.717, 1.165) is 16.5 Å². The smallest absolute Gasteiger partial charge is 0.287 e. The van der Waals surface area contributed by atoms with E-state index in [2.05, 4.69) is 5.32 Å². The van der Waals surface area contributed by atoms with Crippen molar-refractivity contribution in [2.45, 2.75) is 13.0 Å². The van der Waals surface area contributed by atoms with E-state index in [0.29, 0.717) is 29.4 Å². The number of para-hydroxylation sites is 1. The van der Waals surface area contributed by atoms with E-state index in [1.165, 1.54) is 0 Å². The van der Waals surface area contributed by atoms with Crippen LogP contribution in [-0.2, 0) is 0 Å². The van der Waals surface area contributed by atoms with Crippen LogP contribution >= 0.6 is 0 Å². The second-order valence-electron chi connectivity index (χ2n) is 6.86. The molecule has 1 N–H and O–H groups in total. The minimum Gasteiger partial charge on any atom is -0.493 e. The molecule has 6 nitrogen and oxygen atoms in total. The maximum absolute atomic E-state index is 12.7. The molecule has 0 aliphatic carbocycles. The third kappa shape index (κ3) is 3.82. The molecule has 3 rings (SSSR count). The van der Waals surface area contributed by atoms with Crippen LogP contribution < -0.4 is 14.8 Å². The van der Waals surface area contributed by atoms with E-state index >= 15 is 0 Å². The number of nitrogens with one attached hydrogen (secondary N) is 1. The van der Waals surface area contributed by atoms with Crippen molar-refractivity contribution in [1.29, 1.82) is 0 Å². The lowest BCUT2D eigenvalue weighted by Gasteiger charge is -2.25. The van der Waals surface area contributed by atoms with Crippen molar-refractivity contribution in [2.24, 2.45) is 0 Å². The Morgan fingerprint density at radius 1 is 1.11 bits per heavy atom. The van der Waals surface area contributed by atoms with Gasteiger partial charge in [-0.2, -0.15) is 0 Å². The molecule has 0 radical (unpaired) electrons. The van der Waals surface area contributed by atoms with Crippen molar-refractivity contribution in [3.63, 3.8) is 0 Å². The molecule has 1 amide bonds. The summed E-state index contributed by atoms with van der Waals surface area (Å²) in [5, 5.41) is 3.96. The van der Waals surface area contributed by atoms with Crippen molar-refractivity contribution in [3.05, 3.63) is 59.4 Å². The zero-order valence-corrected chi connectivity index (χ0v) is 16.9. The number of furan rings is 1. The van der Waals surface area contributed by atoms with Crippen molar-refractivity contribution in [1.82, 2.24) is 10.2 Å². The molecule has 3 aromatic rings. The standard InChI is InChI=1S/C22H26N2O4/c1-14-16-8-6-7-9-18(16)28-21(14)22(25)23-13-17(24(2)3)15-10-11-19(26-4)20(12-15)27-5/h6-12,17H,13H2,1-5H3,(H,23,25)/t17-/m1/s1. The van der Waals surface area contributed by atoms with Crippen LogP contribution in [0.25, 0.3) is 11.0 Å². The molecule has 0 aliphatic rings. The predicted octanol–water partition coefficient (Wildman–Crippen LogP) is 3.79. The number of hydrogen-bond acceptors (Lipinski definition) is 5. The van der Waals surface area contributed by atoms with Crippen LogP contribution in [0, 0.1) is 6.92 Å². The SMILES string of the molecule is COc1ccc([C@@H](CNC(=O)c2oc3ccccc3c2C)N(C)C)cc1OC. The van der Waals surface area contributed by atoms with Gasteiger partial charge in [-0.25, -0.2) is 0 Å². The second kappa shape index (κ2) is 8.35. The number of amides is 1. The number of carbonyl (C=O) groups is 1. The van der Waals surface area contributed by atoms with Gasteiger partial charge in [-0.3, -0.25) is 4.79 Å². The van der Waals surface area contributed by atoms with Crippen LogP contribution in [0.3, 0.4) is 0 Å². The summed E-state index contributed by atoms with van der Waals surface area (Å²) in [6.45, 7) is 2.33. The van der Waals surface area contributed by atoms with Gasteiger partial charge in [-0.1, -0.05) is 24.3 Å². The van der Waals surface area contributed by atoms with E-state index in [9.17, 15) is 4.79 Å². The fraction of sp³-hybridized carbons (Fsp3) is 0.318. The maximum Gasteiger partial charge on any atom is 0.287 e. The van der Waals surface area contributed by atoms with Gasteiger partial charge in [0.1, 0.15) is 5.58 Å². The minimum atomic E-state index is -0.221. The summed E-state index contributed by atoms with van der Waals surface area (Å²) in [7, 11) is 7.16. The lowest BCUT2D eigenvalue weighted by Crippen LogP contribution is -2.34. The number of carbonyl (C=O) groups excluding carboxylic acids is 1. The summed E-state index contributed by atoms with van der Waals surface area (Å²) < 4.78 is 16.5. The largest absolute Gasteiger partial charge is 0.493 e. The van der Waals surface area contributed by atoms with Crippen molar-refractivity contribution in [3.8, 4) is 11.5 Å². The Balaban J connectivity index is 1.79. The minimum absolute atomic E-state index is 0.0339. The predicted molar refractivity (Wildman–Crippen MR) is 109 cm³/mol. The molecule has 0 unspecified atom stereocenters. The highest BCUT2D eigenvalue weighted by molar-refractivity contribution is 5.98. The maximum atomic E-state index is 12.7. The third-order valence-corrected chi connectivity index (χ3v) is 4.92. The van der Waals surface area contributed by atoms with Crippen LogP contribution in [0.4, 0.5) is 0 Å². The Kier molecular flexibility index (Phi) is 5.90. The molecule has 1 heterocycles. The molecule has 2 aromatic carbocycles. The second-order valence-corrected chi connectivity index (χ2v) is 6.86. The van der Waals surface area contributed by atoms with Gasteiger partial charge in [0.05, 0.1) is 20.3 Å². The first-order chi connectivity index (χ1) is 13.5. The van der Waals surface area contributed by atoms with E-state index in [-0.39, 0.29) is 11.9 Å². The summed E-state index contributed by atoms with van der Waals surface area (Å²) >= 11 is 0. The first kappa shape index (κ1) is 19.8. The monoisotopic (exact) mass is 382 g/mol. The average Bonchev–Trinajstić information content (AvgIpc) is 3.04. The zero-order valence-electron chi connectivity index (χ0n) is 16.9. The van der Waals surface area contributed by atoms with Crippen molar-refractivity contribution < 1.29 is 18.7 Å². The quantitative estimate of drug-likeness (QED) is 0.674. The van der Waals surface area contributed by atoms with Crippen LogP contribution in [-0.4, -0.2) is 45.7 Å². The molecule has 1 aromatic heterocycles. The summed E-state index contributed by atoms with van der Waals surface area (Å²) in [4.78, 5) is 14.8. The van der Waals surface area contributed by atoms with Crippen LogP contribution in [0.1, 0.15) is 27.7 Å². The van der Waals surface area contributed by atoms with Gasteiger partial charge in [0.15, 0.2) is 17.3 Å². The molecular weight excluding hydrogens is 356 g/mol. The molecule has 0 bridgehead atoms. The van der Waals surface area contributed by atoms with Gasteiger partial charge in [-0.05, 0) is 44.8 Å². The van der Waals surface area contributed by atoms with Crippen LogP contribution in [0.15, 0.2) is 46.9 Å². The molecule has 0 spiro atoms. The number of fused-ring (bicyclic) bond motifs is 1. The van der Waals surface area contributed by atoms with Gasteiger partial charge in [0, 0.05) is 17.5 Å². The summed E-state index contributed by atoms with van der Waals surface area (Å²) in [5.74, 6) is 1.46. The highest BCUT2D eigenvalue weighted by Crippen LogP contribution is 2.31. The number of ether oxygens (including phenoxy) is 2. The normalized spacial score (nSPS) is 12.2. The zero-order chi connectivity index (χ0) is 20.3. The Bertz CT molecular complexity index is 978. The number of methoxy groups -OCH3 is 2. The molecule has 0 saturated carbocycles. The first-order valence-electron chi connectivity index (χ1n) is 9.11. The van der Waals surface area contributed by atoms with Gasteiger partial charge in [0.25, 0.3) is 5.91 Å². The van der Waals surface area contributed by atoms with E-state index in [4.69, 9.17) is 13.9 Å². The Labute approximate surface area is 165 Å². The number of aryl methyl sites for hydroxylation is 1. The molecule has 0 saturated heterocycles. The fourth-order valence-corrected chi connectivity index (χ4v) is 3.32. The Morgan fingerprint density at radius 3 is 2.46 bits per heavy atom. The van der Waals surface area contributed by atoms with Gasteiger partial charge < -0.3 is 24.1 Å². The number of nitrogens with zero attached hydrogens (tertiary/aromatic N) is 1. The third-order valence-electron chi connectivity index (χ3n) is 4.92. The molecule has 6 heteroatoms. The summed E-state index contributed by atoms with van der Waals surface area (Å²) in [5.41, 5.74) is 2.58. The Hall–Kier alpha value is -2.99. The van der Waals surface area contributed by atoms with Crippen LogP contribution in [0.5, 0.6) is 11.5 Å². The number of likely N-dealkylation sites (N-methyl/N-ethyl adjacent to an activating group) is 1. The van der Waals surface area contributed by atoms with Crippen molar-refractivity contribution in [2.75, 3.05) is 34.9 Å². The van der Waals surface area contributed by atoms with Crippen LogP contribution in [0.2, 0.25) is 0 Å². The molecule has 148 valence electrons. The van der Waals surface area contributed by atoms with Gasteiger partial charge >= 0.3 is 0 Å². The lowest BCUT2D eigenvalue weighted by molar-refractivity contribution is 0.0915. The lowest BCUT2D eigenvalue weighted by atomic mass is 10.0. The van der Waals surface area contributed by atoms with Crippen molar-refractivity contribution >= 4 is 16.9 Å². The number of hydrogen-bond donors (Lipinski definition) is 1. The van der Waals surface area contributed by atoms with Gasteiger partial charge in [0.2, 0.25) is 0 Å². The van der Waals surface area contributed by atoms with Gasteiger partial charge in [-0.15, -0.1) is 0 Å². The summed E-state index contributed by atoms with van der Waals surface area (Å²) in [6, 6.07) is 13.4. The first-order valence-corrected chi connectivity index (χ1v) is 9.11. The molecule has 0 fully saturated rings. The molecule has 28 heavy (non-hydrogen) atoms. The van der Waals surface area contributed by atoms with E-state index in [1.54, 1.807) is 14.2 Å². The number of rotatable bonds is 7. The van der Waals surface area contributed by atoms with E-state index < -0.39 is 0 Å². The summed E-state index contributed by atoms with van der Waals surface area (Å²) in [6.07, 6.45) is 0. The highest BCUT2D eigenvalue weighted by Gasteiger charge is 2.21. The average molecular weight is 382 g/mol. The molecule has 1 atom stereocenters. The number of benzene rings is 2. The topological polar surface area (TPSA) is 63.9 Å². The molecule has 0 aliphatic heterocycles. The molecular formula is C22H26N2O4. The van der Waals surface area contributed by atoms with E-state index in [1.807, 2.05) is 68.4 Å². The highest BCUT2D eigenvalue weighted by atomic mass is 16.5. The Morgan fingerprint density at radius 2 is 1.82 bits per heavy atom.